The van der Waals surface area contributed by atoms with Crippen molar-refractivity contribution >= 4 is 54.3 Å². The van der Waals surface area contributed by atoms with E-state index in [1.165, 1.54) is 38.2 Å². The minimum Gasteiger partial charge on any atom is -0.456 e. The van der Waals surface area contributed by atoms with Crippen molar-refractivity contribution in [3.8, 4) is 22.3 Å². The Hall–Kier alpha value is -4.88. The molecule has 8 aromatic rings. The van der Waals surface area contributed by atoms with Crippen molar-refractivity contribution in [1.82, 2.24) is 0 Å². The second kappa shape index (κ2) is 7.81. The molecular formula is C36H22O. The lowest BCUT2D eigenvalue weighted by Gasteiger charge is -2.18. The maximum Gasteiger partial charge on any atom is 0.135 e. The van der Waals surface area contributed by atoms with Gasteiger partial charge >= 0.3 is 0 Å². The molecule has 0 aliphatic carbocycles. The highest BCUT2D eigenvalue weighted by Crippen LogP contribution is 2.45. The quantitative estimate of drug-likeness (QED) is 0.228. The Labute approximate surface area is 217 Å². The molecule has 0 aliphatic rings. The van der Waals surface area contributed by atoms with E-state index in [2.05, 4.69) is 84.9 Å². The molecule has 1 heterocycles. The van der Waals surface area contributed by atoms with Gasteiger partial charge in [0.15, 0.2) is 0 Å². The van der Waals surface area contributed by atoms with Gasteiger partial charge in [-0.05, 0) is 78.8 Å². The van der Waals surface area contributed by atoms with Crippen LogP contribution in [0.4, 0.5) is 0 Å². The van der Waals surface area contributed by atoms with Gasteiger partial charge in [-0.1, -0.05) is 109 Å². The molecule has 0 aliphatic heterocycles. The van der Waals surface area contributed by atoms with Gasteiger partial charge in [0.05, 0.1) is 2.74 Å². The summed E-state index contributed by atoms with van der Waals surface area (Å²) in [6.07, 6.45) is 0. The van der Waals surface area contributed by atoms with Crippen LogP contribution in [0.2, 0.25) is 0 Å². The zero-order valence-corrected chi connectivity index (χ0v) is 20.0. The van der Waals surface area contributed by atoms with Crippen molar-refractivity contribution in [2.24, 2.45) is 0 Å². The fourth-order valence-corrected chi connectivity index (χ4v) is 5.86. The van der Waals surface area contributed by atoms with Gasteiger partial charge < -0.3 is 4.42 Å². The molecule has 1 nitrogen and oxygen atoms in total. The van der Waals surface area contributed by atoms with E-state index in [0.717, 1.165) is 38.3 Å². The molecule has 0 spiro atoms. The van der Waals surface area contributed by atoms with Gasteiger partial charge in [0, 0.05) is 10.8 Å². The lowest BCUT2D eigenvalue weighted by molar-refractivity contribution is 0.669. The third-order valence-corrected chi connectivity index (χ3v) is 7.51. The SMILES string of the molecule is [2H]c1ccc2cc(-c3c4ccccc4c(-c4ccc5oc6cc([2H])ccc6c5c4)c4ccccc34)ccc2c1. The number of para-hydroxylation sites is 1. The molecule has 1 aromatic heterocycles. The summed E-state index contributed by atoms with van der Waals surface area (Å²) in [5.41, 5.74) is 6.31. The molecule has 37 heavy (non-hydrogen) atoms. The Balaban J connectivity index is 1.45. The van der Waals surface area contributed by atoms with E-state index in [1.54, 1.807) is 6.07 Å². The summed E-state index contributed by atoms with van der Waals surface area (Å²) in [6, 6.07) is 42.7. The normalized spacial score (nSPS) is 12.5. The van der Waals surface area contributed by atoms with E-state index >= 15 is 0 Å². The van der Waals surface area contributed by atoms with Crippen molar-refractivity contribution in [2.75, 3.05) is 0 Å². The third-order valence-electron chi connectivity index (χ3n) is 7.51. The number of hydrogen-bond donors (Lipinski definition) is 0. The topological polar surface area (TPSA) is 13.1 Å². The molecule has 0 unspecified atom stereocenters. The van der Waals surface area contributed by atoms with Crippen LogP contribution in [-0.2, 0) is 0 Å². The first kappa shape index (κ1) is 18.4. The van der Waals surface area contributed by atoms with Gasteiger partial charge in [-0.3, -0.25) is 0 Å². The van der Waals surface area contributed by atoms with Crippen LogP contribution in [0.25, 0.3) is 76.5 Å². The van der Waals surface area contributed by atoms with Gasteiger partial charge in [-0.2, -0.15) is 0 Å². The predicted octanol–water partition coefficient (Wildman–Crippen LogP) is 10.4. The molecule has 1 heteroatoms. The van der Waals surface area contributed by atoms with E-state index in [4.69, 9.17) is 7.16 Å². The van der Waals surface area contributed by atoms with Gasteiger partial charge in [-0.15, -0.1) is 0 Å². The van der Waals surface area contributed by atoms with E-state index < -0.39 is 0 Å². The number of fused-ring (bicyclic) bond motifs is 6. The van der Waals surface area contributed by atoms with Crippen LogP contribution in [0, 0.1) is 0 Å². The summed E-state index contributed by atoms with van der Waals surface area (Å²) in [4.78, 5) is 0. The van der Waals surface area contributed by atoms with E-state index in [9.17, 15) is 0 Å². The molecule has 0 atom stereocenters. The lowest BCUT2D eigenvalue weighted by atomic mass is 9.85. The minimum atomic E-state index is 0.447. The number of furan rings is 1. The van der Waals surface area contributed by atoms with Crippen LogP contribution < -0.4 is 0 Å². The molecular weight excluding hydrogens is 448 g/mol. The molecule has 8 rings (SSSR count). The second-order valence-electron chi connectivity index (χ2n) is 9.56. The lowest BCUT2D eigenvalue weighted by Crippen LogP contribution is -1.91. The Morgan fingerprint density at radius 3 is 1.70 bits per heavy atom. The minimum absolute atomic E-state index is 0.447. The van der Waals surface area contributed by atoms with E-state index in [-0.39, 0.29) is 0 Å². The molecule has 172 valence electrons. The first-order chi connectivity index (χ1) is 19.1. The zero-order valence-electron chi connectivity index (χ0n) is 22.0. The fraction of sp³-hybridized carbons (Fsp3) is 0. The van der Waals surface area contributed by atoms with Gasteiger partial charge in [0.25, 0.3) is 0 Å². The smallest absolute Gasteiger partial charge is 0.135 e. The summed E-state index contributed by atoms with van der Waals surface area (Å²) in [5, 5.41) is 9.12. The standard InChI is InChI=1S/C36H22O/c1-2-10-24-21-25(18-17-23(24)9-1)35-28-12-3-5-14-30(28)36(31-15-6-4-13-29(31)35)26-19-20-34-32(22-26)27-11-7-8-16-33(27)37-34/h1-22H/i1D,8D. The zero-order chi connectivity index (χ0) is 26.1. The highest BCUT2D eigenvalue weighted by molar-refractivity contribution is 6.22. The molecule has 0 amide bonds. The summed E-state index contributed by atoms with van der Waals surface area (Å²) in [5.74, 6) is 0. The first-order valence-electron chi connectivity index (χ1n) is 13.5. The van der Waals surface area contributed by atoms with Crippen LogP contribution in [0.15, 0.2) is 138 Å². The molecule has 0 saturated carbocycles. The average molecular weight is 473 g/mol. The monoisotopic (exact) mass is 472 g/mol. The fourth-order valence-electron chi connectivity index (χ4n) is 5.86. The Morgan fingerprint density at radius 2 is 0.973 bits per heavy atom. The first-order valence-corrected chi connectivity index (χ1v) is 12.5. The van der Waals surface area contributed by atoms with Crippen molar-refractivity contribution in [2.45, 2.75) is 0 Å². The van der Waals surface area contributed by atoms with Crippen LogP contribution >= 0.6 is 0 Å². The van der Waals surface area contributed by atoms with Gasteiger partial charge in [0.1, 0.15) is 11.2 Å². The maximum atomic E-state index is 8.00. The van der Waals surface area contributed by atoms with Gasteiger partial charge in [0.2, 0.25) is 0 Å². The average Bonchev–Trinajstić information content (AvgIpc) is 3.32. The van der Waals surface area contributed by atoms with Crippen LogP contribution in [0.5, 0.6) is 0 Å². The highest BCUT2D eigenvalue weighted by Gasteiger charge is 2.17. The maximum absolute atomic E-state index is 8.00. The molecule has 0 fully saturated rings. The van der Waals surface area contributed by atoms with Crippen molar-refractivity contribution in [3.05, 3.63) is 133 Å². The predicted molar refractivity (Wildman–Crippen MR) is 157 cm³/mol. The number of benzene rings is 7. The largest absolute Gasteiger partial charge is 0.456 e. The van der Waals surface area contributed by atoms with Crippen LogP contribution in [-0.4, -0.2) is 0 Å². The molecule has 0 radical (unpaired) electrons. The van der Waals surface area contributed by atoms with Gasteiger partial charge in [-0.25, -0.2) is 0 Å². The van der Waals surface area contributed by atoms with Crippen molar-refractivity contribution in [3.63, 3.8) is 0 Å². The molecule has 0 N–H and O–H groups in total. The summed E-state index contributed by atoms with van der Waals surface area (Å²) >= 11 is 0. The highest BCUT2D eigenvalue weighted by atomic mass is 16.3. The Kier molecular flexibility index (Phi) is 3.88. The third kappa shape index (κ3) is 3.04. The number of rotatable bonds is 2. The summed E-state index contributed by atoms with van der Waals surface area (Å²) in [7, 11) is 0. The van der Waals surface area contributed by atoms with E-state index in [1.807, 2.05) is 30.3 Å². The van der Waals surface area contributed by atoms with Crippen LogP contribution in [0.1, 0.15) is 2.74 Å². The Bertz CT molecular complexity index is 2200. The number of hydrogen-bond acceptors (Lipinski definition) is 1. The molecule has 0 saturated heterocycles. The van der Waals surface area contributed by atoms with Crippen molar-refractivity contribution in [1.29, 1.82) is 0 Å². The Morgan fingerprint density at radius 1 is 0.405 bits per heavy atom. The summed E-state index contributed by atoms with van der Waals surface area (Å²) in [6.45, 7) is 0. The second-order valence-corrected chi connectivity index (χ2v) is 9.56. The summed E-state index contributed by atoms with van der Waals surface area (Å²) < 4.78 is 22.1. The van der Waals surface area contributed by atoms with E-state index in [0.29, 0.717) is 12.1 Å². The van der Waals surface area contributed by atoms with Crippen LogP contribution in [0.3, 0.4) is 0 Å². The van der Waals surface area contributed by atoms with Crippen molar-refractivity contribution < 1.29 is 7.16 Å². The molecule has 0 bridgehead atoms. The molecule has 7 aromatic carbocycles.